The molecule has 2 atom stereocenters. The van der Waals surface area contributed by atoms with Crippen LogP contribution in [0.3, 0.4) is 0 Å². The molecule has 0 aromatic heterocycles. The fraction of sp³-hybridized carbons (Fsp3) is 0.588. The van der Waals surface area contributed by atoms with E-state index in [2.05, 4.69) is 5.32 Å². The summed E-state index contributed by atoms with van der Waals surface area (Å²) < 4.78 is 16.0. The average Bonchev–Trinajstić information content (AvgIpc) is 2.58. The van der Waals surface area contributed by atoms with Gasteiger partial charge >= 0.3 is 0 Å². The zero-order chi connectivity index (χ0) is 16.7. The Balaban J connectivity index is 1.75. The number of ether oxygens (including phenoxy) is 3. The summed E-state index contributed by atoms with van der Waals surface area (Å²) in [5.41, 5.74) is 5.92. The predicted octanol–water partition coefficient (Wildman–Crippen LogP) is 1.72. The second kappa shape index (κ2) is 8.62. The molecule has 0 heterocycles. The highest BCUT2D eigenvalue weighted by Crippen LogP contribution is 2.27. The lowest BCUT2D eigenvalue weighted by molar-refractivity contribution is -0.126. The monoisotopic (exact) mass is 322 g/mol. The molecule has 6 nitrogen and oxygen atoms in total. The van der Waals surface area contributed by atoms with E-state index >= 15 is 0 Å². The van der Waals surface area contributed by atoms with Gasteiger partial charge in [-0.2, -0.15) is 0 Å². The van der Waals surface area contributed by atoms with Crippen LogP contribution in [0.5, 0.6) is 17.2 Å². The molecule has 0 radical (unpaired) electrons. The van der Waals surface area contributed by atoms with Gasteiger partial charge in [-0.25, -0.2) is 0 Å². The van der Waals surface area contributed by atoms with E-state index in [1.165, 1.54) is 0 Å². The van der Waals surface area contributed by atoms with Crippen LogP contribution in [0.1, 0.15) is 25.7 Å². The first-order valence-electron chi connectivity index (χ1n) is 8.01. The van der Waals surface area contributed by atoms with Crippen molar-refractivity contribution in [2.24, 2.45) is 11.7 Å². The van der Waals surface area contributed by atoms with Gasteiger partial charge in [-0.15, -0.1) is 0 Å². The van der Waals surface area contributed by atoms with Gasteiger partial charge in [0.1, 0.15) is 23.9 Å². The molecule has 6 heteroatoms. The van der Waals surface area contributed by atoms with Gasteiger partial charge in [0.15, 0.2) is 0 Å². The predicted molar refractivity (Wildman–Crippen MR) is 88.0 cm³/mol. The highest BCUT2D eigenvalue weighted by Gasteiger charge is 2.24. The van der Waals surface area contributed by atoms with Gasteiger partial charge in [0.2, 0.25) is 5.91 Å². The highest BCUT2D eigenvalue weighted by atomic mass is 16.5. The van der Waals surface area contributed by atoms with Gasteiger partial charge in [0.25, 0.3) is 0 Å². The molecule has 0 saturated heterocycles. The Hall–Kier alpha value is -1.95. The number of methoxy groups -OCH3 is 2. The molecule has 2 rings (SSSR count). The third-order valence-electron chi connectivity index (χ3n) is 4.08. The molecule has 1 aliphatic carbocycles. The van der Waals surface area contributed by atoms with Crippen molar-refractivity contribution >= 4 is 5.91 Å². The molecule has 1 aliphatic rings. The van der Waals surface area contributed by atoms with Gasteiger partial charge < -0.3 is 25.3 Å². The molecule has 0 bridgehead atoms. The van der Waals surface area contributed by atoms with Crippen LogP contribution in [0, 0.1) is 5.92 Å². The van der Waals surface area contributed by atoms with Crippen LogP contribution in [-0.4, -0.2) is 39.3 Å². The summed E-state index contributed by atoms with van der Waals surface area (Å²) in [7, 11) is 3.18. The van der Waals surface area contributed by atoms with Gasteiger partial charge in [0.05, 0.1) is 20.8 Å². The van der Waals surface area contributed by atoms with E-state index in [4.69, 9.17) is 19.9 Å². The Labute approximate surface area is 137 Å². The molecule has 0 aliphatic heterocycles. The Morgan fingerprint density at radius 1 is 1.17 bits per heavy atom. The van der Waals surface area contributed by atoms with E-state index in [-0.39, 0.29) is 17.9 Å². The van der Waals surface area contributed by atoms with Gasteiger partial charge in [-0.1, -0.05) is 6.42 Å². The summed E-state index contributed by atoms with van der Waals surface area (Å²) in [4.78, 5) is 12.1. The van der Waals surface area contributed by atoms with E-state index in [9.17, 15) is 4.79 Å². The van der Waals surface area contributed by atoms with Crippen molar-refractivity contribution in [3.63, 3.8) is 0 Å². The molecule has 1 aromatic carbocycles. The summed E-state index contributed by atoms with van der Waals surface area (Å²) in [5, 5.41) is 2.92. The summed E-state index contributed by atoms with van der Waals surface area (Å²) >= 11 is 0. The third-order valence-corrected chi connectivity index (χ3v) is 4.08. The van der Waals surface area contributed by atoms with Crippen molar-refractivity contribution in [2.45, 2.75) is 31.7 Å². The largest absolute Gasteiger partial charge is 0.496 e. The number of rotatable bonds is 7. The summed E-state index contributed by atoms with van der Waals surface area (Å²) in [6.45, 7) is 0.852. The molecule has 23 heavy (non-hydrogen) atoms. The minimum absolute atomic E-state index is 0.0377. The summed E-state index contributed by atoms with van der Waals surface area (Å²) in [6.07, 6.45) is 3.75. The number of benzene rings is 1. The Bertz CT molecular complexity index is 499. The van der Waals surface area contributed by atoms with Crippen molar-refractivity contribution < 1.29 is 19.0 Å². The molecule has 3 N–H and O–H groups in total. The second-order valence-electron chi connectivity index (χ2n) is 5.81. The molecule has 2 unspecified atom stereocenters. The SMILES string of the molecule is COc1cc(OC)cc(OCCNC(=O)C2CCCC(N)C2)c1. The summed E-state index contributed by atoms with van der Waals surface area (Å²) in [5.74, 6) is 2.09. The Morgan fingerprint density at radius 2 is 1.83 bits per heavy atom. The first-order valence-corrected chi connectivity index (χ1v) is 8.01. The first kappa shape index (κ1) is 17.4. The lowest BCUT2D eigenvalue weighted by atomic mass is 9.85. The van der Waals surface area contributed by atoms with E-state index in [1.807, 2.05) is 0 Å². The minimum Gasteiger partial charge on any atom is -0.496 e. The molecule has 0 spiro atoms. The van der Waals surface area contributed by atoms with Crippen LogP contribution in [-0.2, 0) is 4.79 Å². The number of hydrogen-bond acceptors (Lipinski definition) is 5. The molecular weight excluding hydrogens is 296 g/mol. The Morgan fingerprint density at radius 3 is 2.43 bits per heavy atom. The van der Waals surface area contributed by atoms with Crippen LogP contribution in [0.4, 0.5) is 0 Å². The number of nitrogens with one attached hydrogen (secondary N) is 1. The highest BCUT2D eigenvalue weighted by molar-refractivity contribution is 5.78. The minimum atomic E-state index is 0.0377. The molecular formula is C17H26N2O4. The standard InChI is InChI=1S/C17H26N2O4/c1-21-14-9-15(22-2)11-16(10-14)23-7-6-19-17(20)12-4-3-5-13(18)8-12/h9-13H,3-8,18H2,1-2H3,(H,19,20). The van der Waals surface area contributed by atoms with Crippen molar-refractivity contribution in [1.82, 2.24) is 5.32 Å². The van der Waals surface area contributed by atoms with Gasteiger partial charge in [0, 0.05) is 30.2 Å². The third kappa shape index (κ3) is 5.32. The topological polar surface area (TPSA) is 82.8 Å². The number of hydrogen-bond donors (Lipinski definition) is 2. The van der Waals surface area contributed by atoms with Gasteiger partial charge in [-0.05, 0) is 19.3 Å². The molecule has 1 fully saturated rings. The van der Waals surface area contributed by atoms with E-state index in [0.717, 1.165) is 25.7 Å². The average molecular weight is 322 g/mol. The molecule has 128 valence electrons. The first-order chi connectivity index (χ1) is 11.1. The second-order valence-corrected chi connectivity index (χ2v) is 5.81. The van der Waals surface area contributed by atoms with Crippen LogP contribution in [0.2, 0.25) is 0 Å². The van der Waals surface area contributed by atoms with Crippen LogP contribution in [0.15, 0.2) is 18.2 Å². The van der Waals surface area contributed by atoms with Crippen molar-refractivity contribution in [3.05, 3.63) is 18.2 Å². The number of nitrogens with two attached hydrogens (primary N) is 1. The molecule has 1 aromatic rings. The smallest absolute Gasteiger partial charge is 0.223 e. The quantitative estimate of drug-likeness (QED) is 0.747. The number of amides is 1. The van der Waals surface area contributed by atoms with E-state index in [1.54, 1.807) is 32.4 Å². The van der Waals surface area contributed by atoms with Crippen molar-refractivity contribution in [1.29, 1.82) is 0 Å². The number of carbonyl (C=O) groups is 1. The zero-order valence-corrected chi connectivity index (χ0v) is 13.8. The van der Waals surface area contributed by atoms with E-state index in [0.29, 0.717) is 30.4 Å². The lowest BCUT2D eigenvalue weighted by Gasteiger charge is -2.25. The maximum atomic E-state index is 12.1. The number of carbonyl (C=O) groups excluding carboxylic acids is 1. The van der Waals surface area contributed by atoms with Crippen LogP contribution >= 0.6 is 0 Å². The normalized spacial score (nSPS) is 20.7. The van der Waals surface area contributed by atoms with Crippen LogP contribution in [0.25, 0.3) is 0 Å². The Kier molecular flexibility index (Phi) is 6.52. The molecule has 1 saturated carbocycles. The zero-order valence-electron chi connectivity index (χ0n) is 13.8. The van der Waals surface area contributed by atoms with Crippen molar-refractivity contribution in [3.8, 4) is 17.2 Å². The lowest BCUT2D eigenvalue weighted by Crippen LogP contribution is -2.39. The van der Waals surface area contributed by atoms with E-state index < -0.39 is 0 Å². The maximum absolute atomic E-state index is 12.1. The fourth-order valence-corrected chi connectivity index (χ4v) is 2.82. The maximum Gasteiger partial charge on any atom is 0.223 e. The summed E-state index contributed by atoms with van der Waals surface area (Å²) in [6, 6.07) is 5.50. The molecule has 1 amide bonds. The fourth-order valence-electron chi connectivity index (χ4n) is 2.82. The van der Waals surface area contributed by atoms with Crippen LogP contribution < -0.4 is 25.3 Å². The van der Waals surface area contributed by atoms with Gasteiger partial charge in [-0.3, -0.25) is 4.79 Å². The van der Waals surface area contributed by atoms with Crippen molar-refractivity contribution in [2.75, 3.05) is 27.4 Å².